The molecule has 1 aromatic heterocycles. The molecular weight excluding hydrogens is 448 g/mol. The van der Waals surface area contributed by atoms with E-state index in [4.69, 9.17) is 23.2 Å². The van der Waals surface area contributed by atoms with Gasteiger partial charge >= 0.3 is 0 Å². The van der Waals surface area contributed by atoms with E-state index in [0.717, 1.165) is 17.0 Å². The molecule has 0 atom stereocenters. The molecular formula is C16H14Cl2IN3O. The lowest BCUT2D eigenvalue weighted by Crippen LogP contribution is -2.14. The Hall–Kier alpha value is -1.18. The van der Waals surface area contributed by atoms with E-state index in [0.29, 0.717) is 28.6 Å². The van der Waals surface area contributed by atoms with Crippen LogP contribution in [0.3, 0.4) is 0 Å². The van der Waals surface area contributed by atoms with Crippen LogP contribution in [-0.2, 0) is 4.79 Å². The molecule has 0 saturated heterocycles. The Labute approximate surface area is 158 Å². The molecule has 0 spiro atoms. The van der Waals surface area contributed by atoms with Crippen molar-refractivity contribution < 1.29 is 4.79 Å². The number of amides is 1. The lowest BCUT2D eigenvalue weighted by atomic mass is 10.1. The summed E-state index contributed by atoms with van der Waals surface area (Å²) in [5, 5.41) is 3.78. The third-order valence-electron chi connectivity index (χ3n) is 3.14. The molecule has 0 fully saturated rings. The van der Waals surface area contributed by atoms with Gasteiger partial charge < -0.3 is 5.32 Å². The third-order valence-corrected chi connectivity index (χ3v) is 4.46. The lowest BCUT2D eigenvalue weighted by Gasteiger charge is -2.08. The molecule has 2 aromatic rings. The van der Waals surface area contributed by atoms with E-state index in [1.54, 1.807) is 18.3 Å². The molecule has 23 heavy (non-hydrogen) atoms. The zero-order valence-corrected chi connectivity index (χ0v) is 16.0. The van der Waals surface area contributed by atoms with E-state index in [1.807, 2.05) is 48.0 Å². The number of nitrogens with one attached hydrogen (secondary N) is 1. The number of hydrogen-bond acceptors (Lipinski definition) is 3. The van der Waals surface area contributed by atoms with Crippen molar-refractivity contribution in [2.75, 3.05) is 5.32 Å². The maximum Gasteiger partial charge on any atom is 0.224 e. The van der Waals surface area contributed by atoms with E-state index in [2.05, 4.69) is 13.5 Å². The maximum absolute atomic E-state index is 12.0. The van der Waals surface area contributed by atoms with Gasteiger partial charge in [-0.2, -0.15) is 0 Å². The summed E-state index contributed by atoms with van der Waals surface area (Å²) in [5.74, 6) is -0.0896. The molecule has 0 unspecified atom stereocenters. The van der Waals surface area contributed by atoms with E-state index < -0.39 is 0 Å². The Balaban J connectivity index is 1.96. The number of rotatable bonds is 5. The smallest absolute Gasteiger partial charge is 0.224 e. The van der Waals surface area contributed by atoms with Gasteiger partial charge in [-0.25, -0.2) is 3.21 Å². The van der Waals surface area contributed by atoms with Crippen LogP contribution in [-0.4, -0.2) is 16.6 Å². The fourth-order valence-electron chi connectivity index (χ4n) is 1.91. The highest BCUT2D eigenvalue weighted by molar-refractivity contribution is 14.1. The summed E-state index contributed by atoms with van der Waals surface area (Å²) in [6, 6.07) is 8.99. The lowest BCUT2D eigenvalue weighted by molar-refractivity contribution is -0.116. The summed E-state index contributed by atoms with van der Waals surface area (Å²) < 4.78 is 4.21. The van der Waals surface area contributed by atoms with Gasteiger partial charge in [-0.05, 0) is 43.2 Å². The first-order valence-corrected chi connectivity index (χ1v) is 8.57. The molecule has 0 radical (unpaired) electrons. The summed E-state index contributed by atoms with van der Waals surface area (Å²) >= 11 is 13.9. The van der Waals surface area contributed by atoms with E-state index in [1.165, 1.54) is 0 Å². The van der Waals surface area contributed by atoms with Gasteiger partial charge in [0.15, 0.2) is 0 Å². The summed E-state index contributed by atoms with van der Waals surface area (Å²) in [6.45, 7) is 1.89. The normalized spacial score (nSPS) is 11.4. The van der Waals surface area contributed by atoms with Gasteiger partial charge in [0.1, 0.15) is 0 Å². The van der Waals surface area contributed by atoms with Crippen LogP contribution in [0.5, 0.6) is 0 Å². The number of carbonyl (C=O) groups is 1. The second-order valence-corrected chi connectivity index (χ2v) is 6.19. The third kappa shape index (κ3) is 5.44. The van der Waals surface area contributed by atoms with Gasteiger partial charge in [-0.15, -0.1) is 0 Å². The quantitative estimate of drug-likeness (QED) is 0.488. The Morgan fingerprint density at radius 2 is 2.00 bits per heavy atom. The van der Waals surface area contributed by atoms with Crippen molar-refractivity contribution in [1.82, 2.24) is 4.98 Å². The Morgan fingerprint density at radius 3 is 2.61 bits per heavy atom. The van der Waals surface area contributed by atoms with Gasteiger partial charge in [-0.3, -0.25) is 9.78 Å². The molecule has 0 bridgehead atoms. The molecule has 1 N–H and O–H groups in total. The second-order valence-electron chi connectivity index (χ2n) is 4.90. The molecule has 0 aliphatic carbocycles. The molecule has 1 heterocycles. The van der Waals surface area contributed by atoms with Crippen LogP contribution in [0.15, 0.2) is 39.7 Å². The van der Waals surface area contributed by atoms with Crippen LogP contribution in [0, 0.1) is 6.92 Å². The minimum atomic E-state index is -0.0896. The van der Waals surface area contributed by atoms with Crippen molar-refractivity contribution in [2.24, 2.45) is 3.21 Å². The van der Waals surface area contributed by atoms with Crippen LogP contribution in [0.25, 0.3) is 0 Å². The Bertz CT molecular complexity index is 733. The fourth-order valence-corrected chi connectivity index (χ4v) is 2.73. The van der Waals surface area contributed by atoms with Crippen molar-refractivity contribution in [1.29, 1.82) is 0 Å². The summed E-state index contributed by atoms with van der Waals surface area (Å²) in [7, 11) is 0. The number of anilines is 1. The minimum Gasteiger partial charge on any atom is -0.325 e. The number of carbonyl (C=O) groups excluding carboxylic acids is 1. The Morgan fingerprint density at radius 1 is 1.22 bits per heavy atom. The van der Waals surface area contributed by atoms with Crippen LogP contribution in [0.4, 0.5) is 5.69 Å². The number of pyridine rings is 1. The van der Waals surface area contributed by atoms with Gasteiger partial charge in [0.2, 0.25) is 5.91 Å². The molecule has 120 valence electrons. The van der Waals surface area contributed by atoms with E-state index >= 15 is 0 Å². The molecule has 4 nitrogen and oxygen atoms in total. The van der Waals surface area contributed by atoms with Gasteiger partial charge in [0.25, 0.3) is 0 Å². The van der Waals surface area contributed by atoms with E-state index in [-0.39, 0.29) is 5.91 Å². The largest absolute Gasteiger partial charge is 0.325 e. The van der Waals surface area contributed by atoms with Crippen molar-refractivity contribution in [3.8, 4) is 0 Å². The predicted molar refractivity (Wildman–Crippen MR) is 104 cm³/mol. The highest BCUT2D eigenvalue weighted by atomic mass is 127. The second kappa shape index (κ2) is 8.61. The molecule has 0 aliphatic rings. The highest BCUT2D eigenvalue weighted by Gasteiger charge is 2.10. The first-order chi connectivity index (χ1) is 11.0. The number of aryl methyl sites for hydroxylation is 1. The zero-order chi connectivity index (χ0) is 16.8. The fraction of sp³-hybridized carbons (Fsp3) is 0.188. The number of nitrogens with zero attached hydrogens (tertiary/aromatic N) is 2. The van der Waals surface area contributed by atoms with Crippen molar-refractivity contribution >= 4 is 63.4 Å². The van der Waals surface area contributed by atoms with Gasteiger partial charge in [-0.1, -0.05) is 29.3 Å². The first kappa shape index (κ1) is 18.2. The summed E-state index contributed by atoms with van der Waals surface area (Å²) in [5.41, 5.74) is 3.24. The van der Waals surface area contributed by atoms with Crippen LogP contribution >= 0.6 is 46.1 Å². The van der Waals surface area contributed by atoms with Crippen LogP contribution in [0.1, 0.15) is 24.1 Å². The molecule has 2 rings (SSSR count). The predicted octanol–water partition coefficient (Wildman–Crippen LogP) is 5.25. The van der Waals surface area contributed by atoms with Gasteiger partial charge in [0.05, 0.1) is 50.5 Å². The van der Waals surface area contributed by atoms with Crippen LogP contribution in [0.2, 0.25) is 10.0 Å². The molecule has 1 aromatic carbocycles. The maximum atomic E-state index is 12.0. The average molecular weight is 462 g/mol. The minimum absolute atomic E-state index is 0.0896. The average Bonchev–Trinajstić information content (AvgIpc) is 2.53. The monoisotopic (exact) mass is 461 g/mol. The summed E-state index contributed by atoms with van der Waals surface area (Å²) in [4.78, 5) is 16.2. The van der Waals surface area contributed by atoms with E-state index in [9.17, 15) is 4.79 Å². The van der Waals surface area contributed by atoms with Crippen molar-refractivity contribution in [3.05, 3.63) is 57.8 Å². The molecule has 0 aliphatic heterocycles. The highest BCUT2D eigenvalue weighted by Crippen LogP contribution is 2.24. The van der Waals surface area contributed by atoms with Gasteiger partial charge in [0, 0.05) is 12.1 Å². The SMILES string of the molecule is Cc1ccc(NC(=O)CC/C(=N\I)c2ccc(Cl)c(Cl)c2)cn1. The Kier molecular flexibility index (Phi) is 6.80. The van der Waals surface area contributed by atoms with Crippen molar-refractivity contribution in [2.45, 2.75) is 19.8 Å². The number of hydrogen-bond donors (Lipinski definition) is 1. The topological polar surface area (TPSA) is 54.4 Å². The number of aromatic nitrogens is 1. The summed E-state index contributed by atoms with van der Waals surface area (Å²) in [6.07, 6.45) is 2.46. The standard InChI is InChI=1S/C16H14Cl2IN3O/c1-10-2-4-12(9-20-10)21-16(23)7-6-15(22-19)11-3-5-13(17)14(18)8-11/h2-5,8-9H,6-7H2,1H3,(H,21,23)/b22-15+. The van der Waals surface area contributed by atoms with Crippen LogP contribution < -0.4 is 5.32 Å². The molecule has 0 saturated carbocycles. The molecule has 7 heteroatoms. The van der Waals surface area contributed by atoms with Crippen molar-refractivity contribution in [3.63, 3.8) is 0 Å². The zero-order valence-electron chi connectivity index (χ0n) is 12.3. The number of halogens is 3. The number of benzene rings is 1. The molecule has 1 amide bonds. The first-order valence-electron chi connectivity index (χ1n) is 6.85.